The van der Waals surface area contributed by atoms with Gasteiger partial charge in [0.25, 0.3) is 5.91 Å². The highest BCUT2D eigenvalue weighted by atomic mass is 127. The molecule has 1 unspecified atom stereocenters. The molecule has 3 rings (SSSR count). The minimum absolute atomic E-state index is 0.169. The zero-order valence-electron chi connectivity index (χ0n) is 14.9. The molecule has 0 aliphatic carbocycles. The molecule has 3 amide bonds. The molecule has 0 saturated carbocycles. The normalized spacial score (nSPS) is 21.4. The highest BCUT2D eigenvalue weighted by Gasteiger charge is 2.44. The van der Waals surface area contributed by atoms with Crippen LogP contribution in [0, 0.1) is 10.5 Å². The van der Waals surface area contributed by atoms with Gasteiger partial charge in [0.1, 0.15) is 0 Å². The largest absolute Gasteiger partial charge is 0.450 e. The van der Waals surface area contributed by atoms with Gasteiger partial charge in [0.2, 0.25) is 5.91 Å². The second-order valence-corrected chi connectivity index (χ2v) is 7.69. The first kappa shape index (κ1) is 19.1. The summed E-state index contributed by atoms with van der Waals surface area (Å²) in [6.45, 7) is 6.14. The van der Waals surface area contributed by atoms with Gasteiger partial charge in [0.15, 0.2) is 0 Å². The van der Waals surface area contributed by atoms with Crippen LogP contribution in [0.15, 0.2) is 18.2 Å². The number of benzene rings is 1. The van der Waals surface area contributed by atoms with Crippen LogP contribution in [0.25, 0.3) is 0 Å². The van der Waals surface area contributed by atoms with Crippen molar-refractivity contribution in [2.75, 3.05) is 37.7 Å². The summed E-state index contributed by atoms with van der Waals surface area (Å²) in [6, 6.07) is 5.23. The molecule has 140 valence electrons. The molecule has 2 fully saturated rings. The van der Waals surface area contributed by atoms with Crippen molar-refractivity contribution in [2.45, 2.75) is 26.3 Å². The zero-order valence-corrected chi connectivity index (χ0v) is 17.1. The number of rotatable bonds is 3. The molecule has 0 spiro atoms. The van der Waals surface area contributed by atoms with E-state index >= 15 is 0 Å². The number of carbonyl (C=O) groups excluding carboxylic acids is 3. The minimum atomic E-state index is -0.453. The maximum Gasteiger partial charge on any atom is 0.409 e. The Morgan fingerprint density at radius 1 is 1.23 bits per heavy atom. The van der Waals surface area contributed by atoms with E-state index in [4.69, 9.17) is 4.74 Å². The highest BCUT2D eigenvalue weighted by molar-refractivity contribution is 14.1. The molecule has 0 aromatic heterocycles. The van der Waals surface area contributed by atoms with E-state index in [1.54, 1.807) is 11.8 Å². The summed E-state index contributed by atoms with van der Waals surface area (Å²) in [4.78, 5) is 42.2. The van der Waals surface area contributed by atoms with E-state index in [0.29, 0.717) is 38.5 Å². The van der Waals surface area contributed by atoms with E-state index < -0.39 is 6.04 Å². The van der Waals surface area contributed by atoms with E-state index in [9.17, 15) is 14.4 Å². The van der Waals surface area contributed by atoms with Gasteiger partial charge in [-0.2, -0.15) is 0 Å². The first-order chi connectivity index (χ1) is 12.4. The van der Waals surface area contributed by atoms with Gasteiger partial charge in [-0.1, -0.05) is 0 Å². The fourth-order valence-electron chi connectivity index (χ4n) is 3.45. The molecule has 1 aromatic rings. The van der Waals surface area contributed by atoms with Gasteiger partial charge < -0.3 is 9.64 Å². The van der Waals surface area contributed by atoms with Gasteiger partial charge in [-0.3, -0.25) is 14.5 Å². The predicted molar refractivity (Wildman–Crippen MR) is 105 cm³/mol. The van der Waals surface area contributed by atoms with Crippen LogP contribution in [0.1, 0.15) is 18.9 Å². The number of halogens is 1. The maximum absolute atomic E-state index is 12.9. The standard InChI is InChI=1S/C18H22IN3O4/c1-3-26-18(25)21-8-6-20(7-9-21)15-11-16(23)22(17(15)24)14-5-4-13(19)10-12(14)2/h4-5,10,15H,3,6-9,11H2,1-2H3. The summed E-state index contributed by atoms with van der Waals surface area (Å²) in [5.41, 5.74) is 1.57. The van der Waals surface area contributed by atoms with Crippen molar-refractivity contribution in [1.29, 1.82) is 0 Å². The Kier molecular flexibility index (Phi) is 5.81. The van der Waals surface area contributed by atoms with E-state index in [2.05, 4.69) is 22.6 Å². The highest BCUT2D eigenvalue weighted by Crippen LogP contribution is 2.29. The lowest BCUT2D eigenvalue weighted by molar-refractivity contribution is -0.123. The van der Waals surface area contributed by atoms with E-state index in [-0.39, 0.29) is 24.3 Å². The molecular formula is C18H22IN3O4. The summed E-state index contributed by atoms with van der Waals surface area (Å²) in [6.07, 6.45) is -0.138. The molecule has 0 bridgehead atoms. The third-order valence-corrected chi connectivity index (χ3v) is 5.47. The van der Waals surface area contributed by atoms with Crippen LogP contribution in [-0.2, 0) is 14.3 Å². The Hall–Kier alpha value is -1.68. The first-order valence-corrected chi connectivity index (χ1v) is 9.79. The van der Waals surface area contributed by atoms with Gasteiger partial charge >= 0.3 is 6.09 Å². The summed E-state index contributed by atoms with van der Waals surface area (Å²) in [7, 11) is 0. The Balaban J connectivity index is 1.69. The molecular weight excluding hydrogens is 449 g/mol. The van der Waals surface area contributed by atoms with Crippen LogP contribution in [-0.4, -0.2) is 66.5 Å². The average molecular weight is 471 g/mol. The SMILES string of the molecule is CCOC(=O)N1CCN(C2CC(=O)N(c3ccc(I)cc3C)C2=O)CC1. The fourth-order valence-corrected chi connectivity index (χ4v) is 4.10. The number of hydrogen-bond donors (Lipinski definition) is 0. The smallest absolute Gasteiger partial charge is 0.409 e. The zero-order chi connectivity index (χ0) is 18.8. The van der Waals surface area contributed by atoms with Crippen LogP contribution in [0.3, 0.4) is 0 Å². The van der Waals surface area contributed by atoms with Crippen molar-refractivity contribution >= 4 is 46.2 Å². The molecule has 2 aliphatic heterocycles. The lowest BCUT2D eigenvalue weighted by Crippen LogP contribution is -2.54. The van der Waals surface area contributed by atoms with Crippen molar-refractivity contribution in [3.63, 3.8) is 0 Å². The predicted octanol–water partition coefficient (Wildman–Crippen LogP) is 2.01. The Bertz CT molecular complexity index is 731. The van der Waals surface area contributed by atoms with Crippen molar-refractivity contribution in [3.8, 4) is 0 Å². The van der Waals surface area contributed by atoms with E-state index in [1.807, 2.05) is 30.0 Å². The molecule has 1 aromatic carbocycles. The average Bonchev–Trinajstić information content (AvgIpc) is 2.90. The van der Waals surface area contributed by atoms with Gasteiger partial charge in [0, 0.05) is 29.7 Å². The quantitative estimate of drug-likeness (QED) is 0.499. The van der Waals surface area contributed by atoms with E-state index in [1.165, 1.54) is 4.90 Å². The lowest BCUT2D eigenvalue weighted by Gasteiger charge is -2.36. The summed E-state index contributed by atoms with van der Waals surface area (Å²) >= 11 is 2.21. The van der Waals surface area contributed by atoms with Crippen LogP contribution >= 0.6 is 22.6 Å². The number of amides is 3. The second-order valence-electron chi connectivity index (χ2n) is 6.44. The molecule has 7 nitrogen and oxygen atoms in total. The van der Waals surface area contributed by atoms with Crippen LogP contribution in [0.2, 0.25) is 0 Å². The summed E-state index contributed by atoms with van der Waals surface area (Å²) in [5, 5.41) is 0. The van der Waals surface area contributed by atoms with Gasteiger partial charge in [0.05, 0.1) is 24.8 Å². The number of carbonyl (C=O) groups is 3. The van der Waals surface area contributed by atoms with E-state index in [0.717, 1.165) is 9.13 Å². The van der Waals surface area contributed by atoms with Gasteiger partial charge in [-0.25, -0.2) is 9.69 Å². The van der Waals surface area contributed by atoms with Crippen molar-refractivity contribution in [3.05, 3.63) is 27.3 Å². The van der Waals surface area contributed by atoms with Crippen molar-refractivity contribution < 1.29 is 19.1 Å². The topological polar surface area (TPSA) is 70.2 Å². The fraction of sp³-hybridized carbons (Fsp3) is 0.500. The third kappa shape index (κ3) is 3.71. The molecule has 2 heterocycles. The van der Waals surface area contributed by atoms with Crippen molar-refractivity contribution in [1.82, 2.24) is 9.80 Å². The summed E-state index contributed by atoms with van der Waals surface area (Å²) < 4.78 is 6.08. The third-order valence-electron chi connectivity index (χ3n) is 4.80. The molecule has 26 heavy (non-hydrogen) atoms. The van der Waals surface area contributed by atoms with Gasteiger partial charge in [-0.15, -0.1) is 0 Å². The number of nitrogens with zero attached hydrogens (tertiary/aromatic N) is 3. The molecule has 0 radical (unpaired) electrons. The van der Waals surface area contributed by atoms with Crippen LogP contribution in [0.4, 0.5) is 10.5 Å². The number of hydrogen-bond acceptors (Lipinski definition) is 5. The number of ether oxygens (including phenoxy) is 1. The minimum Gasteiger partial charge on any atom is -0.450 e. The number of imide groups is 1. The molecule has 1 atom stereocenters. The van der Waals surface area contributed by atoms with Crippen molar-refractivity contribution in [2.24, 2.45) is 0 Å². The molecule has 8 heteroatoms. The van der Waals surface area contributed by atoms with Gasteiger partial charge in [-0.05, 0) is 60.2 Å². The molecule has 2 saturated heterocycles. The Labute approximate surface area is 166 Å². The Morgan fingerprint density at radius 3 is 2.54 bits per heavy atom. The monoisotopic (exact) mass is 471 g/mol. The number of anilines is 1. The number of aryl methyl sites for hydroxylation is 1. The number of piperazine rings is 1. The molecule has 2 aliphatic rings. The lowest BCUT2D eigenvalue weighted by atomic mass is 10.1. The maximum atomic E-state index is 12.9. The Morgan fingerprint density at radius 2 is 1.92 bits per heavy atom. The summed E-state index contributed by atoms with van der Waals surface area (Å²) in [5.74, 6) is -0.346. The molecule has 0 N–H and O–H groups in total. The van der Waals surface area contributed by atoms with Crippen LogP contribution < -0.4 is 4.90 Å². The second kappa shape index (κ2) is 7.91. The first-order valence-electron chi connectivity index (χ1n) is 8.71. The van der Waals surface area contributed by atoms with Crippen LogP contribution in [0.5, 0.6) is 0 Å².